The lowest BCUT2D eigenvalue weighted by Gasteiger charge is -2.41. The number of hydrogen-bond acceptors (Lipinski definition) is 3. The summed E-state index contributed by atoms with van der Waals surface area (Å²) in [5, 5.41) is 5.82. The van der Waals surface area contributed by atoms with Gasteiger partial charge in [-0.2, -0.15) is 0 Å². The average Bonchev–Trinajstić information content (AvgIpc) is 3.01. The van der Waals surface area contributed by atoms with Gasteiger partial charge in [-0.15, -0.1) is 11.3 Å². The van der Waals surface area contributed by atoms with Gasteiger partial charge < -0.3 is 10.1 Å². The van der Waals surface area contributed by atoms with Crippen LogP contribution in [-0.4, -0.2) is 19.3 Å². The van der Waals surface area contributed by atoms with Crippen LogP contribution in [0.2, 0.25) is 0 Å². The molecular weight excluding hydrogens is 322 g/mol. The zero-order valence-corrected chi connectivity index (χ0v) is 13.9. The minimum absolute atomic E-state index is 0.214. The summed E-state index contributed by atoms with van der Waals surface area (Å²) >= 11 is 5.36. The summed E-state index contributed by atoms with van der Waals surface area (Å²) in [6.45, 7) is 0.939. The highest BCUT2D eigenvalue weighted by molar-refractivity contribution is 9.11. The Morgan fingerprint density at radius 3 is 2.89 bits per heavy atom. The van der Waals surface area contributed by atoms with Crippen molar-refractivity contribution in [1.82, 2.24) is 5.32 Å². The third-order valence-corrected chi connectivity index (χ3v) is 6.30. The molecule has 1 aromatic rings. The molecule has 3 rings (SSSR count). The van der Waals surface area contributed by atoms with Crippen LogP contribution >= 0.6 is 27.3 Å². The predicted molar refractivity (Wildman–Crippen MR) is 83.7 cm³/mol. The molecule has 1 saturated carbocycles. The van der Waals surface area contributed by atoms with Crippen LogP contribution in [0.1, 0.15) is 50.1 Å². The molecule has 1 aliphatic carbocycles. The monoisotopic (exact) mass is 343 g/mol. The van der Waals surface area contributed by atoms with Crippen LogP contribution in [0.3, 0.4) is 0 Å². The van der Waals surface area contributed by atoms with E-state index in [1.165, 1.54) is 47.9 Å². The van der Waals surface area contributed by atoms with Crippen LogP contribution in [0.15, 0.2) is 15.2 Å². The lowest BCUT2D eigenvalue weighted by molar-refractivity contribution is -0.0978. The van der Waals surface area contributed by atoms with E-state index in [9.17, 15) is 0 Å². The number of nitrogens with one attached hydrogen (secondary N) is 1. The second-order valence-corrected chi connectivity index (χ2v) is 8.23. The molecule has 2 fully saturated rings. The Kier molecular flexibility index (Phi) is 4.32. The molecular formula is C15H22BrNOS. The first-order chi connectivity index (χ1) is 9.22. The highest BCUT2D eigenvalue weighted by Crippen LogP contribution is 2.45. The summed E-state index contributed by atoms with van der Waals surface area (Å²) in [4.78, 5) is 0. The molecule has 1 spiro atoms. The Labute approximate surface area is 128 Å². The number of hydrogen-bond donors (Lipinski definition) is 1. The molecule has 0 bridgehead atoms. The number of halogens is 1. The largest absolute Gasteiger partial charge is 0.375 e. The first-order valence-electron chi connectivity index (χ1n) is 7.28. The summed E-state index contributed by atoms with van der Waals surface area (Å²) in [6.07, 6.45) is 7.65. The van der Waals surface area contributed by atoms with Crippen LogP contribution in [0.4, 0.5) is 0 Å². The third-order valence-electron chi connectivity index (χ3n) is 4.78. The molecule has 1 aliphatic heterocycles. The first kappa shape index (κ1) is 14.1. The van der Waals surface area contributed by atoms with E-state index < -0.39 is 0 Å². The van der Waals surface area contributed by atoms with Crippen molar-refractivity contribution in [2.45, 2.75) is 50.2 Å². The second kappa shape index (κ2) is 5.84. The predicted octanol–water partition coefficient (Wildman–Crippen LogP) is 4.51. The first-order valence-corrected chi connectivity index (χ1v) is 8.95. The van der Waals surface area contributed by atoms with E-state index >= 15 is 0 Å². The van der Waals surface area contributed by atoms with E-state index in [-0.39, 0.29) is 5.60 Å². The van der Waals surface area contributed by atoms with Gasteiger partial charge in [-0.05, 0) is 71.6 Å². The maximum Gasteiger partial charge on any atom is 0.0701 e. The van der Waals surface area contributed by atoms with Crippen LogP contribution in [0, 0.1) is 5.92 Å². The Morgan fingerprint density at radius 1 is 1.47 bits per heavy atom. The van der Waals surface area contributed by atoms with Crippen molar-refractivity contribution in [3.05, 3.63) is 20.8 Å². The Morgan fingerprint density at radius 2 is 2.26 bits per heavy atom. The molecule has 1 N–H and O–H groups in total. The van der Waals surface area contributed by atoms with Gasteiger partial charge in [-0.1, -0.05) is 12.8 Å². The fourth-order valence-electron chi connectivity index (χ4n) is 3.88. The average molecular weight is 344 g/mol. The second-order valence-electron chi connectivity index (χ2n) is 5.94. The molecule has 1 aromatic heterocycles. The van der Waals surface area contributed by atoms with Gasteiger partial charge in [0.15, 0.2) is 0 Å². The van der Waals surface area contributed by atoms with Crippen LogP contribution < -0.4 is 5.32 Å². The van der Waals surface area contributed by atoms with Gasteiger partial charge in [-0.3, -0.25) is 0 Å². The van der Waals surface area contributed by atoms with E-state index in [4.69, 9.17) is 4.74 Å². The van der Waals surface area contributed by atoms with Crippen molar-refractivity contribution < 1.29 is 4.74 Å². The van der Waals surface area contributed by atoms with Gasteiger partial charge in [0.25, 0.3) is 0 Å². The smallest absolute Gasteiger partial charge is 0.0701 e. The lowest BCUT2D eigenvalue weighted by Crippen LogP contribution is -2.41. The molecule has 2 aliphatic rings. The molecule has 1 saturated heterocycles. The standard InChI is InChI=1S/C15H22BrNOS/c1-17-14(12-8-13(16)19-10-12)11-4-7-18-15(9-11)5-2-3-6-15/h8,10-11,14,17H,2-7,9H2,1H3. The summed E-state index contributed by atoms with van der Waals surface area (Å²) in [6, 6.07) is 2.74. The topological polar surface area (TPSA) is 21.3 Å². The quantitative estimate of drug-likeness (QED) is 0.871. The van der Waals surface area contributed by atoms with Crippen molar-refractivity contribution in [2.75, 3.05) is 13.7 Å². The van der Waals surface area contributed by atoms with Crippen molar-refractivity contribution in [2.24, 2.45) is 5.92 Å². The molecule has 0 aromatic carbocycles. The number of rotatable bonds is 3. The molecule has 0 radical (unpaired) electrons. The molecule has 2 atom stereocenters. The highest BCUT2D eigenvalue weighted by Gasteiger charge is 2.42. The maximum atomic E-state index is 6.16. The minimum atomic E-state index is 0.214. The molecule has 2 nitrogen and oxygen atoms in total. The van der Waals surface area contributed by atoms with E-state index in [2.05, 4.69) is 39.7 Å². The van der Waals surface area contributed by atoms with Gasteiger partial charge in [0.05, 0.1) is 9.39 Å². The molecule has 19 heavy (non-hydrogen) atoms. The summed E-state index contributed by atoms with van der Waals surface area (Å²) in [7, 11) is 2.09. The molecule has 0 amide bonds. The van der Waals surface area contributed by atoms with Gasteiger partial charge in [0.1, 0.15) is 0 Å². The molecule has 2 heterocycles. The van der Waals surface area contributed by atoms with Crippen molar-refractivity contribution in [1.29, 1.82) is 0 Å². The summed E-state index contributed by atoms with van der Waals surface area (Å²) in [5.74, 6) is 0.707. The fraction of sp³-hybridized carbons (Fsp3) is 0.733. The SMILES string of the molecule is CNC(c1csc(Br)c1)C1CCOC2(CCCC2)C1. The van der Waals surface area contributed by atoms with Crippen molar-refractivity contribution >= 4 is 27.3 Å². The number of ether oxygens (including phenoxy) is 1. The van der Waals surface area contributed by atoms with E-state index in [0.717, 1.165) is 6.61 Å². The van der Waals surface area contributed by atoms with Crippen molar-refractivity contribution in [3.63, 3.8) is 0 Å². The fourth-order valence-corrected chi connectivity index (χ4v) is 5.09. The third kappa shape index (κ3) is 2.92. The Balaban J connectivity index is 1.76. The maximum absolute atomic E-state index is 6.16. The Bertz CT molecular complexity index is 428. The highest BCUT2D eigenvalue weighted by atomic mass is 79.9. The van der Waals surface area contributed by atoms with E-state index in [1.807, 2.05) is 0 Å². The van der Waals surface area contributed by atoms with Crippen molar-refractivity contribution in [3.8, 4) is 0 Å². The minimum Gasteiger partial charge on any atom is -0.375 e. The Hall–Kier alpha value is 0.1000. The lowest BCUT2D eigenvalue weighted by atomic mass is 9.79. The molecule has 4 heteroatoms. The molecule has 2 unspecified atom stereocenters. The van der Waals surface area contributed by atoms with E-state index in [1.54, 1.807) is 11.3 Å². The zero-order valence-electron chi connectivity index (χ0n) is 11.5. The van der Waals surface area contributed by atoms with Gasteiger partial charge in [-0.25, -0.2) is 0 Å². The van der Waals surface area contributed by atoms with E-state index in [0.29, 0.717) is 12.0 Å². The zero-order chi connectivity index (χ0) is 13.3. The summed E-state index contributed by atoms with van der Waals surface area (Å²) in [5.41, 5.74) is 1.64. The van der Waals surface area contributed by atoms with Crippen LogP contribution in [0.5, 0.6) is 0 Å². The van der Waals surface area contributed by atoms with Crippen LogP contribution in [-0.2, 0) is 4.74 Å². The van der Waals surface area contributed by atoms with Crippen LogP contribution in [0.25, 0.3) is 0 Å². The van der Waals surface area contributed by atoms with Gasteiger partial charge in [0, 0.05) is 12.6 Å². The normalized spacial score (nSPS) is 27.8. The number of thiophene rings is 1. The van der Waals surface area contributed by atoms with Gasteiger partial charge >= 0.3 is 0 Å². The molecule has 106 valence electrons. The van der Waals surface area contributed by atoms with Gasteiger partial charge in [0.2, 0.25) is 0 Å². The summed E-state index contributed by atoms with van der Waals surface area (Å²) < 4.78 is 7.39.